The predicted molar refractivity (Wildman–Crippen MR) is 130 cm³/mol. The molecule has 0 aliphatic rings. The van der Waals surface area contributed by atoms with Crippen LogP contribution in [-0.4, -0.2) is 31.9 Å². The minimum absolute atomic E-state index is 0.0539. The average Bonchev–Trinajstić information content (AvgIpc) is 2.86. The standard InChI is InChI=1S/C27H24F2N4O3/c1-16(21-13-11-20(29)15-30-21)31-27(36)18-8-12-22-24(14-18)32-23(4-2-3-5-25(34)35)26(33-22)17-6-9-19(28)10-7-17/h6-16H,2-5H2,1H3,(H,31,36)(H,34,35)/t16-/m1/s1. The number of carbonyl (C=O) groups is 2. The molecular formula is C27H24F2N4O3. The van der Waals surface area contributed by atoms with E-state index in [1.807, 2.05) is 0 Å². The highest BCUT2D eigenvalue weighted by atomic mass is 19.1. The highest BCUT2D eigenvalue weighted by molar-refractivity contribution is 5.97. The van der Waals surface area contributed by atoms with Gasteiger partial charge in [-0.1, -0.05) is 0 Å². The summed E-state index contributed by atoms with van der Waals surface area (Å²) < 4.78 is 26.6. The molecule has 1 amide bonds. The molecular weight excluding hydrogens is 466 g/mol. The number of carbonyl (C=O) groups excluding carboxylic acids is 1. The van der Waals surface area contributed by atoms with Crippen LogP contribution >= 0.6 is 0 Å². The molecule has 0 aliphatic carbocycles. The van der Waals surface area contributed by atoms with Gasteiger partial charge in [0.05, 0.1) is 40.4 Å². The molecule has 0 saturated heterocycles. The highest BCUT2D eigenvalue weighted by Gasteiger charge is 2.16. The Labute approximate surface area is 206 Å². The van der Waals surface area contributed by atoms with Gasteiger partial charge in [0.25, 0.3) is 5.91 Å². The topological polar surface area (TPSA) is 105 Å². The van der Waals surface area contributed by atoms with Crippen LogP contribution in [0.4, 0.5) is 8.78 Å². The summed E-state index contributed by atoms with van der Waals surface area (Å²) in [7, 11) is 0. The quantitative estimate of drug-likeness (QED) is 0.310. The van der Waals surface area contributed by atoms with E-state index in [9.17, 15) is 18.4 Å². The number of fused-ring (bicyclic) bond motifs is 1. The largest absolute Gasteiger partial charge is 0.481 e. The molecule has 7 nitrogen and oxygen atoms in total. The SMILES string of the molecule is C[C@@H](NC(=O)c1ccc2nc(-c3ccc(F)cc3)c(CCCCC(=O)O)nc2c1)c1ccc(F)cn1. The fourth-order valence-corrected chi connectivity index (χ4v) is 3.81. The Morgan fingerprint density at radius 3 is 2.39 bits per heavy atom. The van der Waals surface area contributed by atoms with Crippen LogP contribution in [0.2, 0.25) is 0 Å². The number of hydrogen-bond acceptors (Lipinski definition) is 5. The molecule has 1 atom stereocenters. The number of unbranched alkanes of at least 4 members (excludes halogenated alkanes) is 1. The fraction of sp³-hybridized carbons (Fsp3) is 0.222. The minimum Gasteiger partial charge on any atom is -0.481 e. The first-order valence-electron chi connectivity index (χ1n) is 11.5. The lowest BCUT2D eigenvalue weighted by atomic mass is 10.0. The van der Waals surface area contributed by atoms with Gasteiger partial charge in [0.2, 0.25) is 0 Å². The van der Waals surface area contributed by atoms with E-state index in [1.54, 1.807) is 37.3 Å². The van der Waals surface area contributed by atoms with Gasteiger partial charge in [-0.25, -0.2) is 18.7 Å². The molecule has 4 rings (SSSR count). The molecule has 0 fully saturated rings. The number of aryl methyl sites for hydroxylation is 1. The van der Waals surface area contributed by atoms with E-state index < -0.39 is 17.8 Å². The number of aromatic nitrogens is 3. The third kappa shape index (κ3) is 6.04. The summed E-state index contributed by atoms with van der Waals surface area (Å²) in [5, 5.41) is 11.8. The van der Waals surface area contributed by atoms with Crippen molar-refractivity contribution >= 4 is 22.9 Å². The summed E-state index contributed by atoms with van der Waals surface area (Å²) in [5.74, 6) is -2.03. The lowest BCUT2D eigenvalue weighted by Gasteiger charge is -2.14. The van der Waals surface area contributed by atoms with Crippen LogP contribution in [0.25, 0.3) is 22.3 Å². The number of aliphatic carboxylic acids is 1. The van der Waals surface area contributed by atoms with E-state index in [2.05, 4.69) is 10.3 Å². The zero-order chi connectivity index (χ0) is 25.7. The first kappa shape index (κ1) is 24.8. The monoisotopic (exact) mass is 490 g/mol. The number of nitrogens with zero attached hydrogens (tertiary/aromatic N) is 3. The Bertz CT molecular complexity index is 1390. The number of carboxylic acid groups (broad SMARTS) is 1. The summed E-state index contributed by atoms with van der Waals surface area (Å²) in [5.41, 5.74) is 3.89. The summed E-state index contributed by atoms with van der Waals surface area (Å²) in [6.45, 7) is 1.75. The van der Waals surface area contributed by atoms with Crippen molar-refractivity contribution in [2.75, 3.05) is 0 Å². The highest BCUT2D eigenvalue weighted by Crippen LogP contribution is 2.26. The molecule has 0 unspecified atom stereocenters. The molecule has 0 bridgehead atoms. The zero-order valence-electron chi connectivity index (χ0n) is 19.5. The number of benzene rings is 2. The lowest BCUT2D eigenvalue weighted by molar-refractivity contribution is -0.137. The Hall–Kier alpha value is -4.27. The summed E-state index contributed by atoms with van der Waals surface area (Å²) in [4.78, 5) is 37.2. The number of rotatable bonds is 9. The van der Waals surface area contributed by atoms with Gasteiger partial charge in [-0.05, 0) is 80.8 Å². The van der Waals surface area contributed by atoms with Gasteiger partial charge in [-0.2, -0.15) is 0 Å². The number of halogens is 2. The normalized spacial score (nSPS) is 11.9. The molecule has 9 heteroatoms. The molecule has 0 spiro atoms. The molecule has 2 N–H and O–H groups in total. The molecule has 0 radical (unpaired) electrons. The number of nitrogens with one attached hydrogen (secondary N) is 1. The molecule has 0 saturated carbocycles. The molecule has 0 aliphatic heterocycles. The maximum atomic E-state index is 13.5. The van der Waals surface area contributed by atoms with Crippen molar-refractivity contribution in [1.29, 1.82) is 0 Å². The Morgan fingerprint density at radius 1 is 0.944 bits per heavy atom. The van der Waals surface area contributed by atoms with Crippen molar-refractivity contribution in [3.63, 3.8) is 0 Å². The van der Waals surface area contributed by atoms with E-state index in [0.29, 0.717) is 58.5 Å². The van der Waals surface area contributed by atoms with Crippen molar-refractivity contribution in [3.8, 4) is 11.3 Å². The number of pyridine rings is 1. The lowest BCUT2D eigenvalue weighted by Crippen LogP contribution is -2.27. The van der Waals surface area contributed by atoms with E-state index in [-0.39, 0.29) is 18.1 Å². The molecule has 4 aromatic rings. The molecule has 36 heavy (non-hydrogen) atoms. The van der Waals surface area contributed by atoms with Crippen LogP contribution in [0.3, 0.4) is 0 Å². The third-order valence-electron chi connectivity index (χ3n) is 5.71. The van der Waals surface area contributed by atoms with Gasteiger partial charge in [0, 0.05) is 17.5 Å². The molecule has 2 aromatic carbocycles. The van der Waals surface area contributed by atoms with Crippen LogP contribution in [0.1, 0.15) is 54.0 Å². The molecule has 2 heterocycles. The van der Waals surface area contributed by atoms with Crippen LogP contribution in [-0.2, 0) is 11.2 Å². The van der Waals surface area contributed by atoms with Crippen LogP contribution in [0, 0.1) is 11.6 Å². The zero-order valence-corrected chi connectivity index (χ0v) is 19.5. The number of carboxylic acids is 1. The van der Waals surface area contributed by atoms with Gasteiger partial charge in [-0.3, -0.25) is 14.6 Å². The second-order valence-electron chi connectivity index (χ2n) is 8.43. The second kappa shape index (κ2) is 11.0. The van der Waals surface area contributed by atoms with Crippen LogP contribution < -0.4 is 5.32 Å². The van der Waals surface area contributed by atoms with Gasteiger partial charge in [0.15, 0.2) is 0 Å². The maximum Gasteiger partial charge on any atom is 0.303 e. The van der Waals surface area contributed by atoms with Crippen molar-refractivity contribution < 1.29 is 23.5 Å². The van der Waals surface area contributed by atoms with E-state index >= 15 is 0 Å². The summed E-state index contributed by atoms with van der Waals surface area (Å²) >= 11 is 0. The smallest absolute Gasteiger partial charge is 0.303 e. The van der Waals surface area contributed by atoms with Gasteiger partial charge >= 0.3 is 5.97 Å². The van der Waals surface area contributed by atoms with E-state index in [1.165, 1.54) is 24.3 Å². The molecule has 2 aromatic heterocycles. The average molecular weight is 491 g/mol. The first-order chi connectivity index (χ1) is 17.3. The Balaban J connectivity index is 1.62. The van der Waals surface area contributed by atoms with Gasteiger partial charge in [0.1, 0.15) is 11.6 Å². The maximum absolute atomic E-state index is 13.5. The Kier molecular flexibility index (Phi) is 7.58. The molecule has 184 valence electrons. The third-order valence-corrected chi connectivity index (χ3v) is 5.71. The minimum atomic E-state index is -0.862. The Morgan fingerprint density at radius 2 is 1.69 bits per heavy atom. The van der Waals surface area contributed by atoms with Crippen molar-refractivity contribution in [2.45, 2.75) is 38.6 Å². The predicted octanol–water partition coefficient (Wildman–Crippen LogP) is 5.26. The fourth-order valence-electron chi connectivity index (χ4n) is 3.81. The summed E-state index contributed by atoms with van der Waals surface area (Å²) in [6, 6.07) is 13.3. The van der Waals surface area contributed by atoms with Crippen LogP contribution in [0.5, 0.6) is 0 Å². The van der Waals surface area contributed by atoms with E-state index in [4.69, 9.17) is 15.1 Å². The van der Waals surface area contributed by atoms with Crippen molar-refractivity contribution in [2.24, 2.45) is 0 Å². The number of amides is 1. The summed E-state index contributed by atoms with van der Waals surface area (Å²) in [6.07, 6.45) is 2.70. The van der Waals surface area contributed by atoms with Crippen molar-refractivity contribution in [1.82, 2.24) is 20.3 Å². The van der Waals surface area contributed by atoms with Gasteiger partial charge < -0.3 is 10.4 Å². The van der Waals surface area contributed by atoms with Gasteiger partial charge in [-0.15, -0.1) is 0 Å². The number of hydrogen-bond donors (Lipinski definition) is 2. The van der Waals surface area contributed by atoms with Crippen LogP contribution in [0.15, 0.2) is 60.8 Å². The second-order valence-corrected chi connectivity index (χ2v) is 8.43. The first-order valence-corrected chi connectivity index (χ1v) is 11.5. The van der Waals surface area contributed by atoms with Crippen molar-refractivity contribution in [3.05, 3.63) is 89.4 Å². The van der Waals surface area contributed by atoms with E-state index in [0.717, 1.165) is 6.20 Å².